The Morgan fingerprint density at radius 2 is 1.93 bits per heavy atom. The van der Waals surface area contributed by atoms with E-state index in [0.717, 1.165) is 4.90 Å². The number of thioether (sulfide) groups is 1. The second-order valence-electron chi connectivity index (χ2n) is 6.09. The Bertz CT molecular complexity index is 999. The van der Waals surface area contributed by atoms with Crippen LogP contribution in [0, 0.1) is 10.1 Å². The van der Waals surface area contributed by atoms with E-state index in [4.69, 9.17) is 25.8 Å². The zero-order chi connectivity index (χ0) is 21.7. The Hall–Kier alpha value is -2.98. The summed E-state index contributed by atoms with van der Waals surface area (Å²) in [6.07, 6.45) is 2.47. The highest BCUT2D eigenvalue weighted by atomic mass is 35.5. The lowest BCUT2D eigenvalue weighted by atomic mass is 10.2. The van der Waals surface area contributed by atoms with Crippen LogP contribution in [0.15, 0.2) is 35.2 Å². The molecule has 0 saturated carbocycles. The van der Waals surface area contributed by atoms with E-state index < -0.39 is 23.4 Å². The summed E-state index contributed by atoms with van der Waals surface area (Å²) in [4.78, 5) is 36.0. The lowest BCUT2D eigenvalue weighted by Crippen LogP contribution is -2.21. The molecule has 2 aromatic carbocycles. The fourth-order valence-electron chi connectivity index (χ4n) is 2.63. The number of ether oxygens (including phenoxy) is 3. The maximum absolute atomic E-state index is 12.3. The minimum absolute atomic E-state index is 0.0901. The molecule has 11 heteroatoms. The molecule has 158 valence electrons. The standard InChI is InChI=1S/C19H17ClN2O7S/c1-30-11-3-4-13(20)12(7-11)19(24)29-10-18(23)21-14-8-16-17(9-15(14)22(25)26)28-6-2-5-27-16/h3-4,7-9H,2,5-6,10H2,1H3,(H,21,23). The van der Waals surface area contributed by atoms with Gasteiger partial charge in [0.1, 0.15) is 5.69 Å². The highest BCUT2D eigenvalue weighted by Gasteiger charge is 2.23. The van der Waals surface area contributed by atoms with Crippen LogP contribution in [0.3, 0.4) is 0 Å². The molecule has 0 fully saturated rings. The highest BCUT2D eigenvalue weighted by Crippen LogP contribution is 2.39. The molecule has 3 rings (SSSR count). The minimum Gasteiger partial charge on any atom is -0.489 e. The highest BCUT2D eigenvalue weighted by molar-refractivity contribution is 7.98. The number of benzene rings is 2. The molecule has 0 aliphatic carbocycles. The molecule has 1 heterocycles. The van der Waals surface area contributed by atoms with Gasteiger partial charge in [-0.25, -0.2) is 4.79 Å². The van der Waals surface area contributed by atoms with Gasteiger partial charge in [-0.05, 0) is 24.5 Å². The third-order valence-electron chi connectivity index (χ3n) is 4.06. The third-order valence-corrected chi connectivity index (χ3v) is 5.12. The van der Waals surface area contributed by atoms with Crippen LogP contribution in [0.5, 0.6) is 11.5 Å². The van der Waals surface area contributed by atoms with E-state index in [1.165, 1.54) is 23.9 Å². The van der Waals surface area contributed by atoms with Crippen LogP contribution in [0.1, 0.15) is 16.8 Å². The quantitative estimate of drug-likeness (QED) is 0.303. The summed E-state index contributed by atoms with van der Waals surface area (Å²) in [6, 6.07) is 7.38. The number of hydrogen-bond acceptors (Lipinski definition) is 8. The van der Waals surface area contributed by atoms with Crippen LogP contribution in [0.2, 0.25) is 5.02 Å². The van der Waals surface area contributed by atoms with Crippen molar-refractivity contribution in [3.8, 4) is 11.5 Å². The number of nitro groups is 1. The number of nitrogens with one attached hydrogen (secondary N) is 1. The van der Waals surface area contributed by atoms with Crippen molar-refractivity contribution in [2.24, 2.45) is 0 Å². The van der Waals surface area contributed by atoms with Crippen LogP contribution in [-0.2, 0) is 9.53 Å². The molecule has 2 aromatic rings. The first kappa shape index (κ1) is 21.7. The van der Waals surface area contributed by atoms with Crippen molar-refractivity contribution in [3.63, 3.8) is 0 Å². The van der Waals surface area contributed by atoms with Gasteiger partial charge in [0.25, 0.3) is 11.6 Å². The number of carbonyl (C=O) groups excluding carboxylic acids is 2. The van der Waals surface area contributed by atoms with E-state index >= 15 is 0 Å². The number of rotatable bonds is 6. The predicted octanol–water partition coefficient (Wildman–Crippen LogP) is 3.93. The molecule has 0 aromatic heterocycles. The molecule has 1 aliphatic rings. The Morgan fingerprint density at radius 3 is 2.60 bits per heavy atom. The molecule has 1 aliphatic heterocycles. The van der Waals surface area contributed by atoms with Gasteiger partial charge in [-0.15, -0.1) is 11.8 Å². The van der Waals surface area contributed by atoms with Crippen molar-refractivity contribution < 1.29 is 28.7 Å². The lowest BCUT2D eigenvalue weighted by molar-refractivity contribution is -0.384. The molecule has 9 nitrogen and oxygen atoms in total. The van der Waals surface area contributed by atoms with Gasteiger partial charge in [-0.2, -0.15) is 0 Å². The van der Waals surface area contributed by atoms with E-state index in [-0.39, 0.29) is 33.5 Å². The van der Waals surface area contributed by atoms with Crippen molar-refractivity contribution >= 4 is 46.6 Å². The molecule has 0 radical (unpaired) electrons. The monoisotopic (exact) mass is 452 g/mol. The number of esters is 1. The fourth-order valence-corrected chi connectivity index (χ4v) is 3.27. The molecule has 1 N–H and O–H groups in total. The smallest absolute Gasteiger partial charge is 0.340 e. The van der Waals surface area contributed by atoms with Gasteiger partial charge in [-0.3, -0.25) is 14.9 Å². The zero-order valence-corrected chi connectivity index (χ0v) is 17.4. The van der Waals surface area contributed by atoms with Crippen molar-refractivity contribution in [1.82, 2.24) is 0 Å². The number of carbonyl (C=O) groups is 2. The van der Waals surface area contributed by atoms with Gasteiger partial charge in [0, 0.05) is 17.4 Å². The second-order valence-corrected chi connectivity index (χ2v) is 7.38. The normalized spacial score (nSPS) is 12.6. The molecule has 0 saturated heterocycles. The van der Waals surface area contributed by atoms with Crippen LogP contribution < -0.4 is 14.8 Å². The number of anilines is 1. The topological polar surface area (TPSA) is 117 Å². The summed E-state index contributed by atoms with van der Waals surface area (Å²) in [7, 11) is 0. The van der Waals surface area contributed by atoms with Gasteiger partial charge in [0.05, 0.1) is 34.8 Å². The first-order valence-corrected chi connectivity index (χ1v) is 10.4. The van der Waals surface area contributed by atoms with E-state index in [1.807, 2.05) is 6.26 Å². The minimum atomic E-state index is -0.779. The average Bonchev–Trinajstić information content (AvgIpc) is 2.96. The van der Waals surface area contributed by atoms with E-state index in [2.05, 4.69) is 5.32 Å². The summed E-state index contributed by atoms with van der Waals surface area (Å²) in [6.45, 7) is 0.0992. The largest absolute Gasteiger partial charge is 0.489 e. The van der Waals surface area contributed by atoms with Crippen LogP contribution in [0.4, 0.5) is 11.4 Å². The molecule has 0 atom stereocenters. The molecule has 1 amide bonds. The summed E-state index contributed by atoms with van der Waals surface area (Å²) in [5.74, 6) is -1.02. The Balaban J connectivity index is 1.71. The van der Waals surface area contributed by atoms with Gasteiger partial charge in [0.2, 0.25) is 0 Å². The summed E-state index contributed by atoms with van der Waals surface area (Å²) < 4.78 is 15.9. The van der Waals surface area contributed by atoms with Crippen LogP contribution in [-0.4, -0.2) is 42.9 Å². The summed E-state index contributed by atoms with van der Waals surface area (Å²) in [5, 5.41) is 13.9. The number of nitro benzene ring substituents is 1. The van der Waals surface area contributed by atoms with Gasteiger partial charge >= 0.3 is 5.97 Å². The average molecular weight is 453 g/mol. The Morgan fingerprint density at radius 1 is 1.23 bits per heavy atom. The third kappa shape index (κ3) is 5.14. The van der Waals surface area contributed by atoms with E-state index in [9.17, 15) is 19.7 Å². The summed E-state index contributed by atoms with van der Waals surface area (Å²) in [5.41, 5.74) is -0.333. The first-order chi connectivity index (χ1) is 14.4. The Kier molecular flexibility index (Phi) is 7.01. The SMILES string of the molecule is CSc1ccc(Cl)c(C(=O)OCC(=O)Nc2cc3c(cc2[N+](=O)[O-])OCCCO3)c1. The molecular formula is C19H17ClN2O7S. The van der Waals surface area contributed by atoms with Crippen LogP contribution in [0.25, 0.3) is 0 Å². The van der Waals surface area contributed by atoms with Crippen molar-refractivity contribution in [1.29, 1.82) is 0 Å². The maximum atomic E-state index is 12.3. The first-order valence-electron chi connectivity index (χ1n) is 8.77. The van der Waals surface area contributed by atoms with Crippen molar-refractivity contribution in [3.05, 3.63) is 51.0 Å². The number of halogens is 1. The number of nitrogens with zero attached hydrogens (tertiary/aromatic N) is 1. The Labute approximate surface area is 180 Å². The number of hydrogen-bond donors (Lipinski definition) is 1. The second kappa shape index (κ2) is 9.68. The number of fused-ring (bicyclic) bond motifs is 1. The van der Waals surface area contributed by atoms with Crippen molar-refractivity contribution in [2.75, 3.05) is 31.4 Å². The molecular weight excluding hydrogens is 436 g/mol. The molecule has 0 unspecified atom stereocenters. The molecule has 0 spiro atoms. The maximum Gasteiger partial charge on any atom is 0.340 e. The molecule has 0 bridgehead atoms. The number of amides is 1. The van der Waals surface area contributed by atoms with Gasteiger partial charge < -0.3 is 19.5 Å². The lowest BCUT2D eigenvalue weighted by Gasteiger charge is -2.12. The predicted molar refractivity (Wildman–Crippen MR) is 111 cm³/mol. The van der Waals surface area contributed by atoms with Gasteiger partial charge in [0.15, 0.2) is 18.1 Å². The van der Waals surface area contributed by atoms with E-state index in [1.54, 1.807) is 18.2 Å². The molecule has 30 heavy (non-hydrogen) atoms. The van der Waals surface area contributed by atoms with Gasteiger partial charge in [-0.1, -0.05) is 11.6 Å². The summed E-state index contributed by atoms with van der Waals surface area (Å²) >= 11 is 7.44. The zero-order valence-electron chi connectivity index (χ0n) is 15.8. The fraction of sp³-hybridized carbons (Fsp3) is 0.263. The van der Waals surface area contributed by atoms with E-state index in [0.29, 0.717) is 19.6 Å². The van der Waals surface area contributed by atoms with Crippen LogP contribution >= 0.6 is 23.4 Å². The van der Waals surface area contributed by atoms with Crippen molar-refractivity contribution in [2.45, 2.75) is 11.3 Å².